The maximum atomic E-state index is 6.23. The molecule has 0 heterocycles. The molecule has 0 bridgehead atoms. The zero-order valence-corrected chi connectivity index (χ0v) is 12.4. The molecule has 2 aromatic rings. The predicted molar refractivity (Wildman–Crippen MR) is 82.6 cm³/mol. The highest BCUT2D eigenvalue weighted by Gasteiger charge is 2.13. The lowest BCUT2D eigenvalue weighted by Crippen LogP contribution is -2.22. The molecule has 2 aromatic carbocycles. The predicted octanol–water partition coefficient (Wildman–Crippen LogP) is 5.06. The topological polar surface area (TPSA) is 12.0 Å². The maximum absolute atomic E-state index is 6.23. The van der Waals surface area contributed by atoms with E-state index in [-0.39, 0.29) is 6.04 Å². The number of nitrogens with one attached hydrogen (secondary N) is 1. The Morgan fingerprint density at radius 1 is 0.947 bits per heavy atom. The van der Waals surface area contributed by atoms with Crippen LogP contribution in [0.2, 0.25) is 5.02 Å². The smallest absolute Gasteiger partial charge is 0.0453 e. The number of aryl methyl sites for hydroxylation is 1. The van der Waals surface area contributed by atoms with Crippen LogP contribution in [-0.4, -0.2) is 0 Å². The Morgan fingerprint density at radius 2 is 1.68 bits per heavy atom. The highest BCUT2D eigenvalue weighted by atomic mass is 35.5. The van der Waals surface area contributed by atoms with E-state index in [1.54, 1.807) is 0 Å². The normalized spacial score (nSPS) is 14.1. The van der Waals surface area contributed by atoms with Gasteiger partial charge in [-0.3, -0.25) is 0 Å². The molecule has 0 spiro atoms. The van der Waals surface area contributed by atoms with Gasteiger partial charge in [-0.1, -0.05) is 59.6 Å². The molecular weight excluding hydrogens is 254 g/mol. The molecular formula is C17H20ClN. The van der Waals surface area contributed by atoms with Gasteiger partial charge >= 0.3 is 0 Å². The maximum Gasteiger partial charge on any atom is 0.0453 e. The first-order valence-electron chi connectivity index (χ1n) is 6.65. The minimum Gasteiger partial charge on any atom is -0.304 e. The lowest BCUT2D eigenvalue weighted by Gasteiger charge is -2.22. The third-order valence-corrected chi connectivity index (χ3v) is 3.76. The summed E-state index contributed by atoms with van der Waals surface area (Å²) in [6.07, 6.45) is 0. The van der Waals surface area contributed by atoms with Crippen molar-refractivity contribution in [1.82, 2.24) is 5.32 Å². The van der Waals surface area contributed by atoms with E-state index >= 15 is 0 Å². The van der Waals surface area contributed by atoms with Crippen molar-refractivity contribution in [2.45, 2.75) is 32.9 Å². The molecule has 2 rings (SSSR count). The van der Waals surface area contributed by atoms with Gasteiger partial charge < -0.3 is 5.32 Å². The number of hydrogen-bond donors (Lipinski definition) is 1. The Bertz CT molecular complexity index is 550. The second kappa shape index (κ2) is 6.23. The van der Waals surface area contributed by atoms with Crippen molar-refractivity contribution in [2.75, 3.05) is 0 Å². The molecule has 0 aromatic heterocycles. The van der Waals surface area contributed by atoms with E-state index in [1.807, 2.05) is 18.2 Å². The van der Waals surface area contributed by atoms with Crippen LogP contribution < -0.4 is 5.32 Å². The van der Waals surface area contributed by atoms with Gasteiger partial charge in [-0.15, -0.1) is 0 Å². The number of rotatable bonds is 4. The Hall–Kier alpha value is -1.31. The van der Waals surface area contributed by atoms with Gasteiger partial charge in [0.15, 0.2) is 0 Å². The minimum absolute atomic E-state index is 0.226. The Morgan fingerprint density at radius 3 is 2.37 bits per heavy atom. The fraction of sp³-hybridized carbons (Fsp3) is 0.294. The molecule has 2 unspecified atom stereocenters. The van der Waals surface area contributed by atoms with E-state index in [0.717, 1.165) is 10.6 Å². The molecule has 0 saturated heterocycles. The third kappa shape index (κ3) is 3.59. The largest absolute Gasteiger partial charge is 0.304 e. The molecule has 1 nitrogen and oxygen atoms in total. The van der Waals surface area contributed by atoms with Gasteiger partial charge in [-0.2, -0.15) is 0 Å². The SMILES string of the molecule is Cc1cccc(C(C)NC(C)c2ccccc2Cl)c1. The first-order chi connectivity index (χ1) is 9.08. The molecule has 19 heavy (non-hydrogen) atoms. The summed E-state index contributed by atoms with van der Waals surface area (Å²) in [6, 6.07) is 17.1. The van der Waals surface area contributed by atoms with Crippen LogP contribution in [0, 0.1) is 6.92 Å². The van der Waals surface area contributed by atoms with E-state index in [1.165, 1.54) is 11.1 Å². The Labute approximate surface area is 120 Å². The van der Waals surface area contributed by atoms with E-state index in [2.05, 4.69) is 56.4 Å². The number of halogens is 1. The first-order valence-corrected chi connectivity index (χ1v) is 7.03. The van der Waals surface area contributed by atoms with Gasteiger partial charge in [0, 0.05) is 17.1 Å². The first kappa shape index (κ1) is 14.1. The fourth-order valence-corrected chi connectivity index (χ4v) is 2.63. The van der Waals surface area contributed by atoms with Crippen LogP contribution in [0.4, 0.5) is 0 Å². The molecule has 0 aliphatic carbocycles. The van der Waals surface area contributed by atoms with E-state index in [0.29, 0.717) is 6.04 Å². The van der Waals surface area contributed by atoms with Crippen molar-refractivity contribution >= 4 is 11.6 Å². The van der Waals surface area contributed by atoms with Crippen molar-refractivity contribution in [3.8, 4) is 0 Å². The summed E-state index contributed by atoms with van der Waals surface area (Å²) in [5.41, 5.74) is 3.74. The van der Waals surface area contributed by atoms with Crippen molar-refractivity contribution in [2.24, 2.45) is 0 Å². The Balaban J connectivity index is 2.11. The van der Waals surface area contributed by atoms with Crippen molar-refractivity contribution in [3.63, 3.8) is 0 Å². The second-order valence-electron chi connectivity index (χ2n) is 5.05. The zero-order chi connectivity index (χ0) is 13.8. The van der Waals surface area contributed by atoms with Gasteiger partial charge in [0.05, 0.1) is 0 Å². The summed E-state index contributed by atoms with van der Waals surface area (Å²) in [6.45, 7) is 6.45. The van der Waals surface area contributed by atoms with Crippen molar-refractivity contribution < 1.29 is 0 Å². The number of benzene rings is 2. The molecule has 0 radical (unpaired) electrons. The third-order valence-electron chi connectivity index (χ3n) is 3.41. The summed E-state index contributed by atoms with van der Waals surface area (Å²) in [5, 5.41) is 4.41. The summed E-state index contributed by atoms with van der Waals surface area (Å²) in [5.74, 6) is 0. The molecule has 0 aliphatic heterocycles. The molecule has 0 amide bonds. The molecule has 1 N–H and O–H groups in total. The van der Waals surface area contributed by atoms with Gasteiger partial charge in [-0.25, -0.2) is 0 Å². The molecule has 2 atom stereocenters. The van der Waals surface area contributed by atoms with Crippen LogP contribution in [0.15, 0.2) is 48.5 Å². The average Bonchev–Trinajstić information content (AvgIpc) is 2.39. The molecule has 100 valence electrons. The van der Waals surface area contributed by atoms with Crippen LogP contribution in [0.25, 0.3) is 0 Å². The van der Waals surface area contributed by atoms with Crippen molar-refractivity contribution in [1.29, 1.82) is 0 Å². The van der Waals surface area contributed by atoms with Gasteiger partial charge in [0.2, 0.25) is 0 Å². The summed E-state index contributed by atoms with van der Waals surface area (Å²) in [4.78, 5) is 0. The highest BCUT2D eigenvalue weighted by Crippen LogP contribution is 2.25. The van der Waals surface area contributed by atoms with E-state index in [4.69, 9.17) is 11.6 Å². The van der Waals surface area contributed by atoms with Crippen LogP contribution in [0.1, 0.15) is 42.6 Å². The average molecular weight is 274 g/mol. The lowest BCUT2D eigenvalue weighted by atomic mass is 10.0. The fourth-order valence-electron chi connectivity index (χ4n) is 2.33. The lowest BCUT2D eigenvalue weighted by molar-refractivity contribution is 0.494. The van der Waals surface area contributed by atoms with E-state index < -0.39 is 0 Å². The van der Waals surface area contributed by atoms with Gasteiger partial charge in [-0.05, 0) is 38.0 Å². The zero-order valence-electron chi connectivity index (χ0n) is 11.7. The van der Waals surface area contributed by atoms with E-state index in [9.17, 15) is 0 Å². The molecule has 0 fully saturated rings. The van der Waals surface area contributed by atoms with Crippen LogP contribution in [-0.2, 0) is 0 Å². The Kier molecular flexibility index (Phi) is 4.62. The van der Waals surface area contributed by atoms with Gasteiger partial charge in [0.1, 0.15) is 0 Å². The molecule has 0 saturated carbocycles. The quantitative estimate of drug-likeness (QED) is 0.821. The van der Waals surface area contributed by atoms with Crippen molar-refractivity contribution in [3.05, 3.63) is 70.2 Å². The second-order valence-corrected chi connectivity index (χ2v) is 5.45. The molecule has 2 heteroatoms. The number of hydrogen-bond acceptors (Lipinski definition) is 1. The van der Waals surface area contributed by atoms with Crippen LogP contribution in [0.5, 0.6) is 0 Å². The summed E-state index contributed by atoms with van der Waals surface area (Å²) >= 11 is 6.23. The standard InChI is InChI=1S/C17H20ClN/c1-12-7-6-8-15(11-12)13(2)19-14(3)16-9-4-5-10-17(16)18/h4-11,13-14,19H,1-3H3. The minimum atomic E-state index is 0.226. The summed E-state index contributed by atoms with van der Waals surface area (Å²) in [7, 11) is 0. The molecule has 0 aliphatic rings. The van der Waals surface area contributed by atoms with Crippen LogP contribution in [0.3, 0.4) is 0 Å². The van der Waals surface area contributed by atoms with Gasteiger partial charge in [0.25, 0.3) is 0 Å². The highest BCUT2D eigenvalue weighted by molar-refractivity contribution is 6.31. The monoisotopic (exact) mass is 273 g/mol. The van der Waals surface area contributed by atoms with Crippen LogP contribution >= 0.6 is 11.6 Å². The summed E-state index contributed by atoms with van der Waals surface area (Å²) < 4.78 is 0.